The van der Waals surface area contributed by atoms with Gasteiger partial charge in [0.05, 0.1) is 23.6 Å². The van der Waals surface area contributed by atoms with Crippen LogP contribution < -0.4 is 15.1 Å². The number of anilines is 1. The minimum Gasteiger partial charge on any atom is -0.494 e. The van der Waals surface area contributed by atoms with Gasteiger partial charge in [0.25, 0.3) is 5.91 Å². The molecule has 0 aliphatic carbocycles. The Bertz CT molecular complexity index is 1400. The molecule has 9 heteroatoms. The summed E-state index contributed by atoms with van der Waals surface area (Å²) in [4.78, 5) is 28.3. The van der Waals surface area contributed by atoms with Crippen LogP contribution in [0.2, 0.25) is 0 Å². The first-order chi connectivity index (χ1) is 15.5. The highest BCUT2D eigenvalue weighted by Crippen LogP contribution is 2.42. The van der Waals surface area contributed by atoms with E-state index in [0.717, 1.165) is 11.1 Å². The molecule has 0 fully saturated rings. The third-order valence-corrected chi connectivity index (χ3v) is 6.37. The van der Waals surface area contributed by atoms with Crippen LogP contribution in [0.1, 0.15) is 46.6 Å². The van der Waals surface area contributed by atoms with Crippen molar-refractivity contribution in [2.24, 2.45) is 0 Å². The number of ether oxygens (including phenoxy) is 1. The molecule has 0 saturated carbocycles. The van der Waals surface area contributed by atoms with Gasteiger partial charge in [-0.05, 0) is 49.2 Å². The molecule has 1 amide bonds. The zero-order valence-corrected chi connectivity index (χ0v) is 18.1. The lowest BCUT2D eigenvalue weighted by Gasteiger charge is -2.22. The number of halogens is 1. The van der Waals surface area contributed by atoms with Crippen LogP contribution in [0.4, 0.5) is 9.52 Å². The van der Waals surface area contributed by atoms with E-state index in [0.29, 0.717) is 29.5 Å². The van der Waals surface area contributed by atoms with E-state index in [2.05, 4.69) is 10.2 Å². The number of benzene rings is 2. The first-order valence-corrected chi connectivity index (χ1v) is 11.0. The maximum absolute atomic E-state index is 13.9. The molecule has 5 rings (SSSR count). The standard InChI is InChI=1S/C23H18FN3O4S/c1-3-17-25-26-23(32-17)27-19(12-5-8-14(9-6-12)30-4-2)18-20(28)15-11-13(24)7-10-16(15)31-21(18)22(27)29/h5-11,19H,3-4H2,1-2H3. The van der Waals surface area contributed by atoms with Crippen molar-refractivity contribution in [3.63, 3.8) is 0 Å². The van der Waals surface area contributed by atoms with Gasteiger partial charge >= 0.3 is 0 Å². The van der Waals surface area contributed by atoms with Crippen LogP contribution in [0, 0.1) is 5.82 Å². The Morgan fingerprint density at radius 3 is 2.59 bits per heavy atom. The molecule has 162 valence electrons. The summed E-state index contributed by atoms with van der Waals surface area (Å²) in [5.41, 5.74) is 0.542. The van der Waals surface area contributed by atoms with Crippen molar-refractivity contribution in [3.8, 4) is 5.75 Å². The minimum absolute atomic E-state index is 0.0683. The number of carbonyl (C=O) groups excluding carboxylic acids is 1. The monoisotopic (exact) mass is 451 g/mol. The lowest BCUT2D eigenvalue weighted by atomic mass is 9.98. The van der Waals surface area contributed by atoms with Crippen molar-refractivity contribution >= 4 is 33.3 Å². The number of hydrogen-bond donors (Lipinski definition) is 0. The molecule has 4 aromatic rings. The summed E-state index contributed by atoms with van der Waals surface area (Å²) in [6.07, 6.45) is 0.667. The third-order valence-electron chi connectivity index (χ3n) is 5.30. The first kappa shape index (κ1) is 20.3. The van der Waals surface area contributed by atoms with Gasteiger partial charge in [0.2, 0.25) is 10.9 Å². The Morgan fingerprint density at radius 2 is 1.91 bits per heavy atom. The van der Waals surface area contributed by atoms with Crippen molar-refractivity contribution in [2.75, 3.05) is 11.5 Å². The predicted octanol–water partition coefficient (Wildman–Crippen LogP) is 4.49. The average Bonchev–Trinajstić information content (AvgIpc) is 3.38. The molecule has 0 radical (unpaired) electrons. The highest BCUT2D eigenvalue weighted by atomic mass is 32.1. The van der Waals surface area contributed by atoms with E-state index in [1.165, 1.54) is 28.4 Å². The summed E-state index contributed by atoms with van der Waals surface area (Å²) >= 11 is 1.28. The Balaban J connectivity index is 1.75. The molecule has 2 aromatic carbocycles. The van der Waals surface area contributed by atoms with E-state index in [9.17, 15) is 14.0 Å². The summed E-state index contributed by atoms with van der Waals surface area (Å²) in [5, 5.41) is 9.53. The number of aromatic nitrogens is 2. The second kappa shape index (κ2) is 7.83. The second-order valence-corrected chi connectivity index (χ2v) is 8.27. The number of hydrogen-bond acceptors (Lipinski definition) is 7. The van der Waals surface area contributed by atoms with Crippen molar-refractivity contribution in [3.05, 3.63) is 80.4 Å². The highest BCUT2D eigenvalue weighted by Gasteiger charge is 2.45. The van der Waals surface area contributed by atoms with Crippen molar-refractivity contribution in [1.29, 1.82) is 0 Å². The lowest BCUT2D eigenvalue weighted by Crippen LogP contribution is -2.29. The molecule has 0 N–H and O–H groups in total. The van der Waals surface area contributed by atoms with Gasteiger partial charge in [-0.15, -0.1) is 10.2 Å². The predicted molar refractivity (Wildman–Crippen MR) is 118 cm³/mol. The number of aryl methyl sites for hydroxylation is 1. The topological polar surface area (TPSA) is 85.5 Å². The summed E-state index contributed by atoms with van der Waals surface area (Å²) < 4.78 is 25.2. The third kappa shape index (κ3) is 3.16. The van der Waals surface area contributed by atoms with E-state index in [1.54, 1.807) is 24.3 Å². The molecular weight excluding hydrogens is 433 g/mol. The largest absolute Gasteiger partial charge is 0.494 e. The molecule has 32 heavy (non-hydrogen) atoms. The molecule has 1 aliphatic heterocycles. The van der Waals surface area contributed by atoms with E-state index < -0.39 is 23.2 Å². The quantitative estimate of drug-likeness (QED) is 0.444. The molecule has 3 heterocycles. The van der Waals surface area contributed by atoms with Crippen LogP contribution in [0.15, 0.2) is 51.7 Å². The molecule has 2 aromatic heterocycles. The molecule has 1 aliphatic rings. The molecule has 1 unspecified atom stereocenters. The van der Waals surface area contributed by atoms with Gasteiger partial charge in [0, 0.05) is 0 Å². The first-order valence-electron chi connectivity index (χ1n) is 10.2. The van der Waals surface area contributed by atoms with E-state index in [1.807, 2.05) is 13.8 Å². The van der Waals surface area contributed by atoms with Gasteiger partial charge in [-0.25, -0.2) is 4.39 Å². The number of carbonyl (C=O) groups is 1. The van der Waals surface area contributed by atoms with Crippen LogP contribution in [-0.4, -0.2) is 22.7 Å². The van der Waals surface area contributed by atoms with E-state index >= 15 is 0 Å². The molecule has 0 bridgehead atoms. The van der Waals surface area contributed by atoms with Gasteiger partial charge in [0.1, 0.15) is 22.2 Å². The van der Waals surface area contributed by atoms with Gasteiger partial charge in [-0.1, -0.05) is 30.4 Å². The minimum atomic E-state index is -0.783. The van der Waals surface area contributed by atoms with Crippen LogP contribution >= 0.6 is 11.3 Å². The Labute approximate surface area is 186 Å². The molecule has 0 saturated heterocycles. The molecule has 7 nitrogen and oxygen atoms in total. The normalized spacial score (nSPS) is 15.4. The molecule has 0 spiro atoms. The zero-order chi connectivity index (χ0) is 22.4. The number of fused-ring (bicyclic) bond motifs is 2. The fraction of sp³-hybridized carbons (Fsp3) is 0.217. The Hall–Kier alpha value is -3.59. The smallest absolute Gasteiger partial charge is 0.297 e. The summed E-state index contributed by atoms with van der Waals surface area (Å²) in [5.74, 6) is -0.438. The summed E-state index contributed by atoms with van der Waals surface area (Å²) in [7, 11) is 0. The second-order valence-electron chi connectivity index (χ2n) is 7.23. The SMILES string of the molecule is CCOc1ccc(C2c3c(oc4ccc(F)cc4c3=O)C(=O)N2c2nnc(CC)s2)cc1. The van der Waals surface area contributed by atoms with Crippen LogP contribution in [-0.2, 0) is 6.42 Å². The van der Waals surface area contributed by atoms with Crippen LogP contribution in [0.25, 0.3) is 11.0 Å². The number of amides is 1. The van der Waals surface area contributed by atoms with Crippen LogP contribution in [0.5, 0.6) is 5.75 Å². The van der Waals surface area contributed by atoms with E-state index in [4.69, 9.17) is 9.15 Å². The Kier molecular flexibility index (Phi) is 4.97. The number of rotatable bonds is 5. The zero-order valence-electron chi connectivity index (χ0n) is 17.3. The van der Waals surface area contributed by atoms with Crippen molar-refractivity contribution < 1.29 is 18.3 Å². The van der Waals surface area contributed by atoms with E-state index in [-0.39, 0.29) is 22.3 Å². The summed E-state index contributed by atoms with van der Waals surface area (Å²) in [6, 6.07) is 10.0. The molecular formula is C23H18FN3O4S. The van der Waals surface area contributed by atoms with Gasteiger partial charge in [-0.2, -0.15) is 0 Å². The Morgan fingerprint density at radius 1 is 1.12 bits per heavy atom. The van der Waals surface area contributed by atoms with Crippen molar-refractivity contribution in [1.82, 2.24) is 10.2 Å². The fourth-order valence-electron chi connectivity index (χ4n) is 3.86. The molecule has 1 atom stereocenters. The van der Waals surface area contributed by atoms with Crippen LogP contribution in [0.3, 0.4) is 0 Å². The fourth-order valence-corrected chi connectivity index (χ4v) is 4.66. The highest BCUT2D eigenvalue weighted by molar-refractivity contribution is 7.15. The summed E-state index contributed by atoms with van der Waals surface area (Å²) in [6.45, 7) is 4.35. The number of nitrogens with zero attached hydrogens (tertiary/aromatic N) is 3. The van der Waals surface area contributed by atoms with Gasteiger partial charge in [0.15, 0.2) is 5.43 Å². The maximum atomic E-state index is 13.9. The van der Waals surface area contributed by atoms with Gasteiger partial charge < -0.3 is 9.15 Å². The maximum Gasteiger partial charge on any atom is 0.297 e. The van der Waals surface area contributed by atoms with Gasteiger partial charge in [-0.3, -0.25) is 14.5 Å². The average molecular weight is 451 g/mol. The van der Waals surface area contributed by atoms with Crippen molar-refractivity contribution in [2.45, 2.75) is 26.3 Å². The lowest BCUT2D eigenvalue weighted by molar-refractivity contribution is 0.0970.